The number of carboxylic acids is 1. The average Bonchev–Trinajstić information content (AvgIpc) is 3.04. The zero-order chi connectivity index (χ0) is 15.1. The quantitative estimate of drug-likeness (QED) is 0.889. The molecule has 3 heterocycles. The van der Waals surface area contributed by atoms with Gasteiger partial charge in [0.25, 0.3) is 5.91 Å². The van der Waals surface area contributed by atoms with Crippen molar-refractivity contribution >= 4 is 22.9 Å². The van der Waals surface area contributed by atoms with Crippen molar-refractivity contribution in [3.8, 4) is 0 Å². The van der Waals surface area contributed by atoms with Crippen molar-refractivity contribution in [2.24, 2.45) is 7.05 Å². The largest absolute Gasteiger partial charge is 0.480 e. The van der Waals surface area contributed by atoms with Gasteiger partial charge in [0.05, 0.1) is 11.3 Å². The van der Waals surface area contributed by atoms with E-state index in [0.29, 0.717) is 30.6 Å². The fourth-order valence-corrected chi connectivity index (χ4v) is 2.86. The first-order valence-corrected chi connectivity index (χ1v) is 6.82. The number of hydrogen-bond acceptors (Lipinski definition) is 4. The van der Waals surface area contributed by atoms with Gasteiger partial charge in [-0.05, 0) is 25.8 Å². The summed E-state index contributed by atoms with van der Waals surface area (Å²) in [6, 6.07) is 1.01. The molecule has 0 radical (unpaired) electrons. The molecule has 1 amide bonds. The molecule has 1 N–H and O–H groups in total. The van der Waals surface area contributed by atoms with Crippen molar-refractivity contribution in [1.82, 2.24) is 19.7 Å². The first-order chi connectivity index (χ1) is 9.99. The number of nitrogens with zero attached hydrogens (tertiary/aromatic N) is 4. The Labute approximate surface area is 121 Å². The van der Waals surface area contributed by atoms with E-state index in [9.17, 15) is 14.7 Å². The van der Waals surface area contributed by atoms with Gasteiger partial charge in [0.15, 0.2) is 5.65 Å². The summed E-state index contributed by atoms with van der Waals surface area (Å²) in [6.07, 6.45) is 2.70. The molecule has 0 bridgehead atoms. The lowest BCUT2D eigenvalue weighted by molar-refractivity contribution is -0.141. The fourth-order valence-electron chi connectivity index (χ4n) is 2.86. The first kappa shape index (κ1) is 13.5. The molecule has 0 spiro atoms. The number of aliphatic carboxylic acids is 1. The van der Waals surface area contributed by atoms with Gasteiger partial charge >= 0.3 is 5.97 Å². The van der Waals surface area contributed by atoms with Crippen LogP contribution in [0.1, 0.15) is 28.9 Å². The Kier molecular flexibility index (Phi) is 3.12. The number of pyridine rings is 1. The zero-order valence-corrected chi connectivity index (χ0v) is 11.9. The molecule has 1 atom stereocenters. The molecule has 21 heavy (non-hydrogen) atoms. The average molecular weight is 288 g/mol. The van der Waals surface area contributed by atoms with Crippen LogP contribution in [0.4, 0.5) is 0 Å². The molecule has 3 rings (SSSR count). The molecule has 1 saturated heterocycles. The van der Waals surface area contributed by atoms with Crippen LogP contribution in [0.15, 0.2) is 12.3 Å². The monoisotopic (exact) mass is 288 g/mol. The van der Waals surface area contributed by atoms with Gasteiger partial charge in [-0.15, -0.1) is 0 Å². The van der Waals surface area contributed by atoms with Crippen molar-refractivity contribution < 1.29 is 14.7 Å². The number of fused-ring (bicyclic) bond motifs is 1. The summed E-state index contributed by atoms with van der Waals surface area (Å²) < 4.78 is 1.66. The van der Waals surface area contributed by atoms with Crippen molar-refractivity contribution in [3.63, 3.8) is 0 Å². The van der Waals surface area contributed by atoms with E-state index in [-0.39, 0.29) is 5.91 Å². The van der Waals surface area contributed by atoms with Gasteiger partial charge in [-0.2, -0.15) is 5.10 Å². The molecule has 2 aromatic heterocycles. The highest BCUT2D eigenvalue weighted by atomic mass is 16.4. The molecule has 7 nitrogen and oxygen atoms in total. The summed E-state index contributed by atoms with van der Waals surface area (Å²) in [4.78, 5) is 29.4. The minimum absolute atomic E-state index is 0.280. The van der Waals surface area contributed by atoms with Gasteiger partial charge in [0, 0.05) is 25.2 Å². The molecule has 2 aromatic rings. The Morgan fingerprint density at radius 1 is 1.43 bits per heavy atom. The van der Waals surface area contributed by atoms with E-state index in [1.165, 1.54) is 11.1 Å². The van der Waals surface area contributed by atoms with Crippen LogP contribution in [0.3, 0.4) is 0 Å². The summed E-state index contributed by atoms with van der Waals surface area (Å²) in [5.74, 6) is -1.23. The third-order valence-corrected chi connectivity index (χ3v) is 3.91. The SMILES string of the molecule is Cc1nn(C)c2ncc(C(=O)N3CCCC3C(=O)O)cc12. The normalized spacial score (nSPS) is 18.4. The van der Waals surface area contributed by atoms with Crippen LogP contribution in [0.25, 0.3) is 11.0 Å². The molecule has 0 aromatic carbocycles. The lowest BCUT2D eigenvalue weighted by Crippen LogP contribution is -2.40. The number of hydrogen-bond donors (Lipinski definition) is 1. The number of carboxylic acid groups (broad SMARTS) is 1. The van der Waals surface area contributed by atoms with E-state index < -0.39 is 12.0 Å². The summed E-state index contributed by atoms with van der Waals surface area (Å²) in [6.45, 7) is 2.33. The molecule has 1 fully saturated rings. The number of amides is 1. The molecule has 1 unspecified atom stereocenters. The van der Waals surface area contributed by atoms with Crippen molar-refractivity contribution in [2.75, 3.05) is 6.54 Å². The van der Waals surface area contributed by atoms with E-state index >= 15 is 0 Å². The maximum Gasteiger partial charge on any atom is 0.326 e. The predicted molar refractivity (Wildman–Crippen MR) is 74.9 cm³/mol. The lowest BCUT2D eigenvalue weighted by Gasteiger charge is -2.21. The second kappa shape index (κ2) is 4.83. The van der Waals surface area contributed by atoms with E-state index in [1.807, 2.05) is 6.92 Å². The second-order valence-electron chi connectivity index (χ2n) is 5.30. The zero-order valence-electron chi connectivity index (χ0n) is 11.9. The molecular weight excluding hydrogens is 272 g/mol. The number of rotatable bonds is 2. The Balaban J connectivity index is 1.98. The second-order valence-corrected chi connectivity index (χ2v) is 5.30. The summed E-state index contributed by atoms with van der Waals surface area (Å²) in [7, 11) is 1.80. The molecule has 1 aliphatic heterocycles. The first-order valence-electron chi connectivity index (χ1n) is 6.82. The van der Waals surface area contributed by atoms with E-state index in [2.05, 4.69) is 10.1 Å². The van der Waals surface area contributed by atoms with Crippen LogP contribution < -0.4 is 0 Å². The molecule has 7 heteroatoms. The minimum atomic E-state index is -0.951. The Morgan fingerprint density at radius 3 is 2.90 bits per heavy atom. The lowest BCUT2D eigenvalue weighted by atomic mass is 10.1. The van der Waals surface area contributed by atoms with Gasteiger partial charge in [0.2, 0.25) is 0 Å². The van der Waals surface area contributed by atoms with Gasteiger partial charge in [-0.3, -0.25) is 9.48 Å². The van der Waals surface area contributed by atoms with Gasteiger partial charge in [0.1, 0.15) is 6.04 Å². The number of likely N-dealkylation sites (tertiary alicyclic amines) is 1. The maximum absolute atomic E-state index is 12.5. The van der Waals surface area contributed by atoms with Crippen molar-refractivity contribution in [1.29, 1.82) is 0 Å². The molecule has 0 saturated carbocycles. The molecule has 1 aliphatic rings. The topological polar surface area (TPSA) is 88.3 Å². The number of aryl methyl sites for hydroxylation is 2. The Bertz CT molecular complexity index is 737. The van der Waals surface area contributed by atoms with E-state index in [4.69, 9.17) is 0 Å². The van der Waals surface area contributed by atoms with Crippen LogP contribution in [0.2, 0.25) is 0 Å². The van der Waals surface area contributed by atoms with Gasteiger partial charge in [-0.25, -0.2) is 9.78 Å². The smallest absolute Gasteiger partial charge is 0.326 e. The Hall–Kier alpha value is -2.44. The number of carbonyl (C=O) groups is 2. The predicted octanol–water partition coefficient (Wildman–Crippen LogP) is 0.966. The summed E-state index contributed by atoms with van der Waals surface area (Å²) >= 11 is 0. The van der Waals surface area contributed by atoms with Crippen LogP contribution in [0, 0.1) is 6.92 Å². The number of carbonyl (C=O) groups excluding carboxylic acids is 1. The highest BCUT2D eigenvalue weighted by molar-refractivity contribution is 5.99. The van der Waals surface area contributed by atoms with Crippen LogP contribution in [-0.4, -0.2) is 49.2 Å². The van der Waals surface area contributed by atoms with Crippen molar-refractivity contribution in [2.45, 2.75) is 25.8 Å². The number of aromatic nitrogens is 3. The van der Waals surface area contributed by atoms with Crippen molar-refractivity contribution in [3.05, 3.63) is 23.5 Å². The maximum atomic E-state index is 12.5. The van der Waals surface area contributed by atoms with Crippen LogP contribution in [-0.2, 0) is 11.8 Å². The van der Waals surface area contributed by atoms with E-state index in [0.717, 1.165) is 11.1 Å². The third kappa shape index (κ3) is 2.14. The Morgan fingerprint density at radius 2 is 2.19 bits per heavy atom. The summed E-state index contributed by atoms with van der Waals surface area (Å²) in [5.41, 5.74) is 1.91. The standard InChI is InChI=1S/C14H16N4O3/c1-8-10-6-9(7-15-12(10)17(2)16-8)13(19)18-5-3-4-11(18)14(20)21/h6-7,11H,3-5H2,1-2H3,(H,20,21). The highest BCUT2D eigenvalue weighted by Crippen LogP contribution is 2.22. The van der Waals surface area contributed by atoms with Gasteiger partial charge < -0.3 is 10.0 Å². The van der Waals surface area contributed by atoms with Crippen LogP contribution >= 0.6 is 0 Å². The minimum Gasteiger partial charge on any atom is -0.480 e. The third-order valence-electron chi connectivity index (χ3n) is 3.91. The molecule has 0 aliphatic carbocycles. The fraction of sp³-hybridized carbons (Fsp3) is 0.429. The van der Waals surface area contributed by atoms with E-state index in [1.54, 1.807) is 17.8 Å². The summed E-state index contributed by atoms with van der Waals surface area (Å²) in [5, 5.41) is 14.3. The highest BCUT2D eigenvalue weighted by Gasteiger charge is 2.34. The molecular formula is C14H16N4O3. The van der Waals surface area contributed by atoms with Crippen LogP contribution in [0.5, 0.6) is 0 Å². The van der Waals surface area contributed by atoms with Gasteiger partial charge in [-0.1, -0.05) is 0 Å². The molecule has 110 valence electrons.